The largest absolute Gasteiger partial charge is 0.438 e. The van der Waals surface area contributed by atoms with Gasteiger partial charge in [0.05, 0.1) is 21.4 Å². The predicted molar refractivity (Wildman–Crippen MR) is 90.8 cm³/mol. The van der Waals surface area contributed by atoms with Crippen LogP contribution in [0, 0.1) is 10.5 Å². The first-order chi connectivity index (χ1) is 10.1. The van der Waals surface area contributed by atoms with Crippen LogP contribution in [0.3, 0.4) is 0 Å². The summed E-state index contributed by atoms with van der Waals surface area (Å²) in [6.07, 6.45) is 0. The molecular formula is C15H20IN3O2. The second-order valence-electron chi connectivity index (χ2n) is 4.69. The highest BCUT2D eigenvalue weighted by atomic mass is 127. The summed E-state index contributed by atoms with van der Waals surface area (Å²) in [5.74, 6) is 1.63. The van der Waals surface area contributed by atoms with E-state index in [0.717, 1.165) is 33.0 Å². The molecule has 0 aliphatic heterocycles. The fourth-order valence-electron chi connectivity index (χ4n) is 2.03. The SMILES string of the molecule is COCCNCc1c(C)nn(C)c1Oc1ccccc1I. The molecule has 5 nitrogen and oxygen atoms in total. The van der Waals surface area contributed by atoms with E-state index in [1.807, 2.05) is 38.2 Å². The Morgan fingerprint density at radius 1 is 1.33 bits per heavy atom. The van der Waals surface area contributed by atoms with Gasteiger partial charge in [0.25, 0.3) is 0 Å². The Morgan fingerprint density at radius 2 is 2.10 bits per heavy atom. The van der Waals surface area contributed by atoms with Crippen LogP contribution in [0.5, 0.6) is 11.6 Å². The lowest BCUT2D eigenvalue weighted by Gasteiger charge is -2.11. The van der Waals surface area contributed by atoms with E-state index in [1.54, 1.807) is 11.8 Å². The summed E-state index contributed by atoms with van der Waals surface area (Å²) in [7, 11) is 3.60. The molecule has 0 aliphatic carbocycles. The highest BCUT2D eigenvalue weighted by Gasteiger charge is 2.16. The van der Waals surface area contributed by atoms with Crippen molar-refractivity contribution in [1.29, 1.82) is 0 Å². The summed E-state index contributed by atoms with van der Waals surface area (Å²) in [6.45, 7) is 4.19. The molecule has 6 heteroatoms. The summed E-state index contributed by atoms with van der Waals surface area (Å²) in [6, 6.07) is 7.95. The molecule has 0 atom stereocenters. The molecule has 0 fully saturated rings. The second kappa shape index (κ2) is 7.77. The van der Waals surface area contributed by atoms with Gasteiger partial charge in [-0.15, -0.1) is 0 Å². The average Bonchev–Trinajstić information content (AvgIpc) is 2.72. The highest BCUT2D eigenvalue weighted by Crippen LogP contribution is 2.30. The zero-order valence-electron chi connectivity index (χ0n) is 12.5. The second-order valence-corrected chi connectivity index (χ2v) is 5.86. The lowest BCUT2D eigenvalue weighted by atomic mass is 10.2. The lowest BCUT2D eigenvalue weighted by molar-refractivity contribution is 0.199. The fourth-order valence-corrected chi connectivity index (χ4v) is 2.53. The molecule has 0 bridgehead atoms. The van der Waals surface area contributed by atoms with E-state index in [-0.39, 0.29) is 0 Å². The minimum atomic E-state index is 0.687. The van der Waals surface area contributed by atoms with Crippen LogP contribution < -0.4 is 10.1 Å². The molecule has 0 radical (unpaired) electrons. The number of rotatable bonds is 7. The van der Waals surface area contributed by atoms with Crippen molar-refractivity contribution < 1.29 is 9.47 Å². The monoisotopic (exact) mass is 401 g/mol. The molecule has 1 aromatic heterocycles. The molecule has 0 unspecified atom stereocenters. The molecule has 114 valence electrons. The molecule has 0 amide bonds. The fraction of sp³-hybridized carbons (Fsp3) is 0.400. The van der Waals surface area contributed by atoms with E-state index in [2.05, 4.69) is 33.0 Å². The van der Waals surface area contributed by atoms with Crippen LogP contribution in [0.1, 0.15) is 11.3 Å². The molecule has 2 rings (SSSR count). The standard InChI is InChI=1S/C15H20IN3O2/c1-11-12(10-17-8-9-20-3)15(19(2)18-11)21-14-7-5-4-6-13(14)16/h4-7,17H,8-10H2,1-3H3. The number of nitrogens with zero attached hydrogens (tertiary/aromatic N) is 2. The first-order valence-corrected chi connectivity index (χ1v) is 7.86. The quantitative estimate of drug-likeness (QED) is 0.573. The normalized spacial score (nSPS) is 10.9. The van der Waals surface area contributed by atoms with Crippen molar-refractivity contribution in [3.05, 3.63) is 39.1 Å². The maximum Gasteiger partial charge on any atom is 0.222 e. The van der Waals surface area contributed by atoms with Crippen LogP contribution >= 0.6 is 22.6 Å². The molecule has 1 heterocycles. The Kier molecular flexibility index (Phi) is 6.01. The van der Waals surface area contributed by atoms with Gasteiger partial charge in [-0.25, -0.2) is 4.68 Å². The molecule has 0 saturated heterocycles. The van der Waals surface area contributed by atoms with Gasteiger partial charge in [0.15, 0.2) is 0 Å². The third kappa shape index (κ3) is 4.18. The van der Waals surface area contributed by atoms with Crippen LogP contribution in [-0.2, 0) is 18.3 Å². The number of para-hydroxylation sites is 1. The Balaban J connectivity index is 2.16. The maximum absolute atomic E-state index is 6.07. The number of aromatic nitrogens is 2. The highest BCUT2D eigenvalue weighted by molar-refractivity contribution is 14.1. The van der Waals surface area contributed by atoms with Gasteiger partial charge in [0.2, 0.25) is 5.88 Å². The molecule has 0 saturated carbocycles. The van der Waals surface area contributed by atoms with Crippen molar-refractivity contribution in [2.45, 2.75) is 13.5 Å². The van der Waals surface area contributed by atoms with Crippen LogP contribution in [0.25, 0.3) is 0 Å². The number of hydrogen-bond donors (Lipinski definition) is 1. The molecular weight excluding hydrogens is 381 g/mol. The van der Waals surface area contributed by atoms with Gasteiger partial charge < -0.3 is 14.8 Å². The van der Waals surface area contributed by atoms with Crippen LogP contribution in [0.4, 0.5) is 0 Å². The Bertz CT molecular complexity index is 599. The Hall–Kier alpha value is -1.12. The summed E-state index contributed by atoms with van der Waals surface area (Å²) in [5.41, 5.74) is 2.05. The number of hydrogen-bond acceptors (Lipinski definition) is 4. The summed E-state index contributed by atoms with van der Waals surface area (Å²) in [4.78, 5) is 0. The molecule has 2 aromatic rings. The van der Waals surface area contributed by atoms with Gasteiger partial charge >= 0.3 is 0 Å². The van der Waals surface area contributed by atoms with Gasteiger partial charge in [-0.05, 0) is 41.6 Å². The number of nitrogens with one attached hydrogen (secondary N) is 1. The van der Waals surface area contributed by atoms with Crippen molar-refractivity contribution >= 4 is 22.6 Å². The minimum Gasteiger partial charge on any atom is -0.438 e. The maximum atomic E-state index is 6.07. The molecule has 0 aliphatic rings. The number of benzene rings is 1. The number of aryl methyl sites for hydroxylation is 2. The van der Waals surface area contributed by atoms with Crippen molar-refractivity contribution in [3.8, 4) is 11.6 Å². The van der Waals surface area contributed by atoms with Gasteiger partial charge in [0.1, 0.15) is 5.75 Å². The lowest BCUT2D eigenvalue weighted by Crippen LogP contribution is -2.19. The average molecular weight is 401 g/mol. The molecule has 1 N–H and O–H groups in total. The first kappa shape index (κ1) is 16.3. The van der Waals surface area contributed by atoms with Crippen molar-refractivity contribution in [2.24, 2.45) is 7.05 Å². The van der Waals surface area contributed by atoms with E-state index < -0.39 is 0 Å². The van der Waals surface area contributed by atoms with Gasteiger partial charge in [-0.3, -0.25) is 0 Å². The third-order valence-electron chi connectivity index (χ3n) is 3.12. The van der Waals surface area contributed by atoms with E-state index in [4.69, 9.17) is 9.47 Å². The van der Waals surface area contributed by atoms with Crippen LogP contribution in [-0.4, -0.2) is 30.0 Å². The smallest absolute Gasteiger partial charge is 0.222 e. The van der Waals surface area contributed by atoms with E-state index in [1.165, 1.54) is 0 Å². The van der Waals surface area contributed by atoms with Gasteiger partial charge in [0, 0.05) is 27.2 Å². The predicted octanol–water partition coefficient (Wildman–Crippen LogP) is 2.86. The number of ether oxygens (including phenoxy) is 2. The Morgan fingerprint density at radius 3 is 2.81 bits per heavy atom. The summed E-state index contributed by atoms with van der Waals surface area (Å²) < 4.78 is 14.0. The Labute approximate surface area is 138 Å². The zero-order valence-corrected chi connectivity index (χ0v) is 14.7. The number of methoxy groups -OCH3 is 1. The topological polar surface area (TPSA) is 48.3 Å². The van der Waals surface area contributed by atoms with Crippen molar-refractivity contribution in [2.75, 3.05) is 20.3 Å². The number of halogens is 1. The van der Waals surface area contributed by atoms with E-state index in [0.29, 0.717) is 13.2 Å². The van der Waals surface area contributed by atoms with Crippen molar-refractivity contribution in [3.63, 3.8) is 0 Å². The van der Waals surface area contributed by atoms with Gasteiger partial charge in [-0.1, -0.05) is 12.1 Å². The van der Waals surface area contributed by atoms with Gasteiger partial charge in [-0.2, -0.15) is 5.10 Å². The zero-order chi connectivity index (χ0) is 15.2. The summed E-state index contributed by atoms with van der Waals surface area (Å²) >= 11 is 2.27. The summed E-state index contributed by atoms with van der Waals surface area (Å²) in [5, 5.41) is 7.79. The molecule has 0 spiro atoms. The third-order valence-corrected chi connectivity index (χ3v) is 4.01. The van der Waals surface area contributed by atoms with E-state index >= 15 is 0 Å². The molecule has 21 heavy (non-hydrogen) atoms. The van der Waals surface area contributed by atoms with Crippen LogP contribution in [0.15, 0.2) is 24.3 Å². The minimum absolute atomic E-state index is 0.687. The van der Waals surface area contributed by atoms with E-state index in [9.17, 15) is 0 Å². The van der Waals surface area contributed by atoms with Crippen molar-refractivity contribution in [1.82, 2.24) is 15.1 Å². The first-order valence-electron chi connectivity index (χ1n) is 6.78. The van der Waals surface area contributed by atoms with Crippen LogP contribution in [0.2, 0.25) is 0 Å². The molecule has 1 aromatic carbocycles.